The van der Waals surface area contributed by atoms with E-state index in [-0.39, 0.29) is 16.5 Å². The lowest BCUT2D eigenvalue weighted by atomic mass is 10.1. The number of para-hydroxylation sites is 1. The van der Waals surface area contributed by atoms with Gasteiger partial charge in [-0.25, -0.2) is 17.8 Å². The lowest BCUT2D eigenvalue weighted by molar-refractivity contribution is 0.600. The number of halogens is 1. The third-order valence-corrected chi connectivity index (χ3v) is 5.69. The third kappa shape index (κ3) is 4.25. The average Bonchev–Trinajstić information content (AvgIpc) is 2.57. The SMILES string of the molecule is Cc1cc(C)c(S(=O)(=O)Nc2ccc(Nc3ccccc3F)cn2)c(C)c1. The molecule has 3 rings (SSSR count). The zero-order valence-electron chi connectivity index (χ0n) is 15.2. The van der Waals surface area contributed by atoms with E-state index >= 15 is 0 Å². The minimum atomic E-state index is -3.76. The molecule has 27 heavy (non-hydrogen) atoms. The smallest absolute Gasteiger partial charge is 0.263 e. The molecular formula is C20H20FN3O2S. The van der Waals surface area contributed by atoms with Gasteiger partial charge in [0.25, 0.3) is 10.0 Å². The number of pyridine rings is 1. The molecule has 0 atom stereocenters. The number of aromatic nitrogens is 1. The zero-order valence-corrected chi connectivity index (χ0v) is 16.1. The summed E-state index contributed by atoms with van der Waals surface area (Å²) in [5, 5.41) is 2.90. The molecule has 0 aliphatic carbocycles. The van der Waals surface area contributed by atoms with Crippen molar-refractivity contribution >= 4 is 27.2 Å². The zero-order chi connectivity index (χ0) is 19.6. The monoisotopic (exact) mass is 385 g/mol. The summed E-state index contributed by atoms with van der Waals surface area (Å²) >= 11 is 0. The van der Waals surface area contributed by atoms with Crippen LogP contribution in [0, 0.1) is 26.6 Å². The lowest BCUT2D eigenvalue weighted by Crippen LogP contribution is -2.16. The van der Waals surface area contributed by atoms with E-state index in [0.717, 1.165) is 5.56 Å². The summed E-state index contributed by atoms with van der Waals surface area (Å²) in [4.78, 5) is 4.37. The summed E-state index contributed by atoms with van der Waals surface area (Å²) in [6, 6.07) is 13.1. The van der Waals surface area contributed by atoms with Crippen LogP contribution in [0.3, 0.4) is 0 Å². The molecule has 0 spiro atoms. The fourth-order valence-electron chi connectivity index (χ4n) is 3.03. The highest BCUT2D eigenvalue weighted by Crippen LogP contribution is 2.25. The molecule has 7 heteroatoms. The highest BCUT2D eigenvalue weighted by atomic mass is 32.2. The van der Waals surface area contributed by atoms with Gasteiger partial charge in [-0.15, -0.1) is 0 Å². The topological polar surface area (TPSA) is 71.1 Å². The van der Waals surface area contributed by atoms with Crippen molar-refractivity contribution in [3.05, 3.63) is 77.2 Å². The van der Waals surface area contributed by atoms with E-state index < -0.39 is 10.0 Å². The summed E-state index contributed by atoms with van der Waals surface area (Å²) in [5.41, 5.74) is 3.23. The first-order valence-corrected chi connectivity index (χ1v) is 9.83. The van der Waals surface area contributed by atoms with Gasteiger partial charge in [0, 0.05) is 0 Å². The number of nitrogens with one attached hydrogen (secondary N) is 2. The van der Waals surface area contributed by atoms with Gasteiger partial charge in [0.15, 0.2) is 0 Å². The second-order valence-electron chi connectivity index (χ2n) is 6.37. The number of sulfonamides is 1. The van der Waals surface area contributed by atoms with Crippen LogP contribution < -0.4 is 10.0 Å². The van der Waals surface area contributed by atoms with Gasteiger partial charge in [0.1, 0.15) is 11.6 Å². The number of nitrogens with zero attached hydrogens (tertiary/aromatic N) is 1. The number of anilines is 3. The predicted octanol–water partition coefficient (Wildman–Crippen LogP) is 4.69. The third-order valence-electron chi connectivity index (χ3n) is 4.03. The standard InChI is InChI=1S/C20H20FN3O2S/c1-13-10-14(2)20(15(3)11-13)27(25,26)24-19-9-8-16(12-22-19)23-18-7-5-4-6-17(18)21/h4-12,23H,1-3H3,(H,22,24). The largest absolute Gasteiger partial charge is 0.352 e. The fourth-order valence-corrected chi connectivity index (χ4v) is 4.49. The number of hydrogen-bond acceptors (Lipinski definition) is 4. The first kappa shape index (κ1) is 18.8. The van der Waals surface area contributed by atoms with Crippen molar-refractivity contribution in [2.24, 2.45) is 0 Å². The van der Waals surface area contributed by atoms with Crippen molar-refractivity contribution in [2.45, 2.75) is 25.7 Å². The summed E-state index contributed by atoms with van der Waals surface area (Å²) in [7, 11) is -3.76. The molecule has 0 saturated carbocycles. The molecule has 5 nitrogen and oxygen atoms in total. The summed E-state index contributed by atoms with van der Waals surface area (Å²) in [6.07, 6.45) is 1.44. The molecule has 3 aromatic rings. The van der Waals surface area contributed by atoms with E-state index in [0.29, 0.717) is 22.5 Å². The number of aryl methyl sites for hydroxylation is 3. The van der Waals surface area contributed by atoms with Gasteiger partial charge in [-0.2, -0.15) is 0 Å². The Morgan fingerprint density at radius 3 is 2.22 bits per heavy atom. The molecule has 1 aromatic heterocycles. The van der Waals surface area contributed by atoms with Crippen LogP contribution in [0.2, 0.25) is 0 Å². The van der Waals surface area contributed by atoms with Crippen LogP contribution in [-0.4, -0.2) is 13.4 Å². The minimum absolute atomic E-state index is 0.188. The molecular weight excluding hydrogens is 365 g/mol. The van der Waals surface area contributed by atoms with Gasteiger partial charge in [-0.1, -0.05) is 29.8 Å². The Bertz CT molecular complexity index is 1060. The maximum atomic E-state index is 13.7. The molecule has 0 aliphatic rings. The van der Waals surface area contributed by atoms with E-state index in [4.69, 9.17) is 0 Å². The number of benzene rings is 2. The molecule has 0 bridgehead atoms. The Labute approximate surface area is 158 Å². The van der Waals surface area contributed by atoms with Crippen LogP contribution in [0.1, 0.15) is 16.7 Å². The van der Waals surface area contributed by atoms with E-state index in [1.54, 1.807) is 38.1 Å². The van der Waals surface area contributed by atoms with Crippen molar-refractivity contribution in [3.63, 3.8) is 0 Å². The summed E-state index contributed by atoms with van der Waals surface area (Å²) in [5.74, 6) is -0.193. The van der Waals surface area contributed by atoms with Gasteiger partial charge in [0.2, 0.25) is 0 Å². The van der Waals surface area contributed by atoms with Crippen LogP contribution in [0.25, 0.3) is 0 Å². The normalized spacial score (nSPS) is 11.3. The predicted molar refractivity (Wildman–Crippen MR) is 105 cm³/mol. The first-order valence-electron chi connectivity index (χ1n) is 8.34. The van der Waals surface area contributed by atoms with E-state index in [1.807, 2.05) is 19.1 Å². The van der Waals surface area contributed by atoms with Gasteiger partial charge in [-0.05, 0) is 56.2 Å². The Kier molecular flexibility index (Phi) is 5.14. The van der Waals surface area contributed by atoms with Gasteiger partial charge in [0.05, 0.1) is 22.5 Å². The molecule has 0 saturated heterocycles. The number of hydrogen-bond donors (Lipinski definition) is 2. The van der Waals surface area contributed by atoms with Gasteiger partial charge < -0.3 is 5.32 Å². The van der Waals surface area contributed by atoms with Crippen molar-refractivity contribution in [3.8, 4) is 0 Å². The maximum Gasteiger partial charge on any atom is 0.263 e. The van der Waals surface area contributed by atoms with Crippen molar-refractivity contribution in [2.75, 3.05) is 10.0 Å². The van der Waals surface area contributed by atoms with Crippen LogP contribution in [0.4, 0.5) is 21.6 Å². The van der Waals surface area contributed by atoms with Crippen LogP contribution in [0.5, 0.6) is 0 Å². The quantitative estimate of drug-likeness (QED) is 0.668. The van der Waals surface area contributed by atoms with Crippen LogP contribution in [0.15, 0.2) is 59.6 Å². The highest BCUT2D eigenvalue weighted by Gasteiger charge is 2.20. The Hall–Kier alpha value is -2.93. The second-order valence-corrected chi connectivity index (χ2v) is 7.99. The van der Waals surface area contributed by atoms with Gasteiger partial charge >= 0.3 is 0 Å². The molecule has 0 radical (unpaired) electrons. The Morgan fingerprint density at radius 2 is 1.63 bits per heavy atom. The molecule has 0 fully saturated rings. The summed E-state index contributed by atoms with van der Waals surface area (Å²) in [6.45, 7) is 5.46. The number of rotatable bonds is 5. The Morgan fingerprint density at radius 1 is 0.963 bits per heavy atom. The average molecular weight is 385 g/mol. The second kappa shape index (κ2) is 7.36. The van der Waals surface area contributed by atoms with Gasteiger partial charge in [-0.3, -0.25) is 4.72 Å². The fraction of sp³-hybridized carbons (Fsp3) is 0.150. The minimum Gasteiger partial charge on any atom is -0.352 e. The molecule has 2 aromatic carbocycles. The highest BCUT2D eigenvalue weighted by molar-refractivity contribution is 7.92. The van der Waals surface area contributed by atoms with E-state index in [9.17, 15) is 12.8 Å². The van der Waals surface area contributed by atoms with E-state index in [2.05, 4.69) is 15.0 Å². The lowest BCUT2D eigenvalue weighted by Gasteiger charge is -2.14. The maximum absolute atomic E-state index is 13.7. The van der Waals surface area contributed by atoms with Crippen molar-refractivity contribution in [1.29, 1.82) is 0 Å². The summed E-state index contributed by atoms with van der Waals surface area (Å²) < 4.78 is 41.7. The van der Waals surface area contributed by atoms with Crippen molar-refractivity contribution < 1.29 is 12.8 Å². The molecule has 140 valence electrons. The molecule has 0 amide bonds. The molecule has 1 heterocycles. The Balaban J connectivity index is 1.81. The molecule has 0 unspecified atom stereocenters. The molecule has 0 aliphatic heterocycles. The van der Waals surface area contributed by atoms with Crippen molar-refractivity contribution in [1.82, 2.24) is 4.98 Å². The van der Waals surface area contributed by atoms with Crippen LogP contribution in [-0.2, 0) is 10.0 Å². The van der Waals surface area contributed by atoms with E-state index in [1.165, 1.54) is 18.3 Å². The molecule has 2 N–H and O–H groups in total. The first-order chi connectivity index (χ1) is 12.8. The van der Waals surface area contributed by atoms with Crippen LogP contribution >= 0.6 is 0 Å².